The van der Waals surface area contributed by atoms with Crippen LogP contribution in [0.5, 0.6) is 5.75 Å². The number of hydrogen-bond donors (Lipinski definition) is 1. The maximum Gasteiger partial charge on any atom is 0.329 e. The molecule has 0 aliphatic heterocycles. The van der Waals surface area contributed by atoms with Gasteiger partial charge in [0.15, 0.2) is 0 Å². The van der Waals surface area contributed by atoms with E-state index in [1.807, 2.05) is 36.4 Å². The van der Waals surface area contributed by atoms with Crippen LogP contribution in [-0.2, 0) is 22.6 Å². The maximum absolute atomic E-state index is 11.4. The van der Waals surface area contributed by atoms with Gasteiger partial charge in [-0.15, -0.1) is 0 Å². The lowest BCUT2D eigenvalue weighted by atomic mass is 10.1. The Kier molecular flexibility index (Phi) is 5.13. The van der Waals surface area contributed by atoms with Crippen LogP contribution in [-0.4, -0.2) is 24.2 Å². The predicted molar refractivity (Wildman–Crippen MR) is 92.7 cm³/mol. The monoisotopic (exact) mass is 324 g/mol. The first-order chi connectivity index (χ1) is 11.8. The van der Waals surface area contributed by atoms with E-state index in [0.717, 1.165) is 17.9 Å². The van der Waals surface area contributed by atoms with Crippen LogP contribution in [0.25, 0.3) is 10.9 Å². The molecule has 2 aromatic carbocycles. The Labute approximate surface area is 140 Å². The molecule has 5 nitrogen and oxygen atoms in total. The van der Waals surface area contributed by atoms with E-state index in [-0.39, 0.29) is 12.4 Å². The van der Waals surface area contributed by atoms with Crippen LogP contribution >= 0.6 is 0 Å². The van der Waals surface area contributed by atoms with Gasteiger partial charge < -0.3 is 14.1 Å². The maximum atomic E-state index is 11.4. The molecule has 3 rings (SSSR count). The normalized spacial score (nSPS) is 10.7. The summed E-state index contributed by atoms with van der Waals surface area (Å²) in [6, 6.07) is 17.9. The second kappa shape index (κ2) is 7.66. The fourth-order valence-corrected chi connectivity index (χ4v) is 2.62. The van der Waals surface area contributed by atoms with Gasteiger partial charge in [0.1, 0.15) is 12.4 Å². The van der Waals surface area contributed by atoms with Gasteiger partial charge in [-0.05, 0) is 35.2 Å². The first-order valence-corrected chi connectivity index (χ1v) is 7.88. The van der Waals surface area contributed by atoms with Crippen molar-refractivity contribution in [2.24, 2.45) is 0 Å². The Hall–Kier alpha value is -2.79. The number of nitrogens with one attached hydrogen (secondary N) is 1. The molecule has 0 amide bonds. The number of rotatable bonds is 7. The van der Waals surface area contributed by atoms with Gasteiger partial charge >= 0.3 is 5.97 Å². The Morgan fingerprint density at radius 1 is 1.08 bits per heavy atom. The number of aromatic nitrogens is 1. The zero-order valence-electron chi connectivity index (χ0n) is 13.6. The predicted octanol–water partition coefficient (Wildman–Crippen LogP) is 2.94. The van der Waals surface area contributed by atoms with Crippen molar-refractivity contribution in [2.45, 2.75) is 13.0 Å². The molecule has 124 valence electrons. The topological polar surface area (TPSA) is 52.5 Å². The minimum Gasteiger partial charge on any atom is -0.492 e. The standard InChI is InChI=1S/C19H20N2O3/c1-20-24-19(22)14-15-6-8-17(9-7-15)23-13-12-21-11-10-16-4-2-3-5-18(16)21/h2-11,20H,12-14H2,1H3. The van der Waals surface area contributed by atoms with Gasteiger partial charge in [-0.2, -0.15) is 5.48 Å². The molecule has 0 saturated carbocycles. The van der Waals surface area contributed by atoms with Crippen LogP contribution in [0.4, 0.5) is 0 Å². The van der Waals surface area contributed by atoms with Crippen molar-refractivity contribution in [2.75, 3.05) is 13.7 Å². The number of ether oxygens (including phenoxy) is 1. The van der Waals surface area contributed by atoms with E-state index in [9.17, 15) is 4.79 Å². The second-order valence-electron chi connectivity index (χ2n) is 5.42. The molecular weight excluding hydrogens is 304 g/mol. The van der Waals surface area contributed by atoms with E-state index in [0.29, 0.717) is 6.61 Å². The van der Waals surface area contributed by atoms with Gasteiger partial charge in [0.2, 0.25) is 0 Å². The van der Waals surface area contributed by atoms with E-state index in [2.05, 4.69) is 34.4 Å². The molecule has 0 atom stereocenters. The van der Waals surface area contributed by atoms with Crippen molar-refractivity contribution in [1.29, 1.82) is 0 Å². The average molecular weight is 324 g/mol. The Morgan fingerprint density at radius 3 is 2.67 bits per heavy atom. The zero-order valence-corrected chi connectivity index (χ0v) is 13.6. The summed E-state index contributed by atoms with van der Waals surface area (Å²) in [4.78, 5) is 16.1. The van der Waals surface area contributed by atoms with E-state index in [1.54, 1.807) is 7.05 Å². The van der Waals surface area contributed by atoms with Crippen molar-refractivity contribution in [1.82, 2.24) is 10.0 Å². The van der Waals surface area contributed by atoms with Crippen molar-refractivity contribution >= 4 is 16.9 Å². The molecule has 1 heterocycles. The lowest BCUT2D eigenvalue weighted by molar-refractivity contribution is -0.149. The average Bonchev–Trinajstić information content (AvgIpc) is 3.00. The summed E-state index contributed by atoms with van der Waals surface area (Å²) in [5.41, 5.74) is 4.47. The number of hydrogen-bond acceptors (Lipinski definition) is 4. The van der Waals surface area contributed by atoms with E-state index in [1.165, 1.54) is 10.9 Å². The Morgan fingerprint density at radius 2 is 1.88 bits per heavy atom. The molecule has 0 aliphatic rings. The van der Waals surface area contributed by atoms with Gasteiger partial charge in [-0.1, -0.05) is 30.3 Å². The Balaban J connectivity index is 1.52. The summed E-state index contributed by atoms with van der Waals surface area (Å²) in [5.74, 6) is 0.475. The van der Waals surface area contributed by atoms with Crippen LogP contribution < -0.4 is 10.2 Å². The molecule has 0 aliphatic carbocycles. The molecule has 0 bridgehead atoms. The van der Waals surface area contributed by atoms with Crippen LogP contribution in [0.2, 0.25) is 0 Å². The van der Waals surface area contributed by atoms with Crippen LogP contribution in [0.3, 0.4) is 0 Å². The fourth-order valence-electron chi connectivity index (χ4n) is 2.62. The smallest absolute Gasteiger partial charge is 0.329 e. The summed E-state index contributed by atoms with van der Waals surface area (Å²) < 4.78 is 7.96. The lowest BCUT2D eigenvalue weighted by Crippen LogP contribution is -2.16. The van der Waals surface area contributed by atoms with Crippen LogP contribution in [0, 0.1) is 0 Å². The van der Waals surface area contributed by atoms with Gasteiger partial charge in [0, 0.05) is 18.8 Å². The number of fused-ring (bicyclic) bond motifs is 1. The van der Waals surface area contributed by atoms with Gasteiger partial charge in [0.25, 0.3) is 0 Å². The fraction of sp³-hybridized carbons (Fsp3) is 0.211. The molecule has 0 radical (unpaired) electrons. The third-order valence-corrected chi connectivity index (χ3v) is 3.77. The highest BCUT2D eigenvalue weighted by atomic mass is 16.7. The molecule has 1 aromatic heterocycles. The Bertz CT molecular complexity index is 809. The second-order valence-corrected chi connectivity index (χ2v) is 5.42. The number of carbonyl (C=O) groups excluding carboxylic acids is 1. The summed E-state index contributed by atoms with van der Waals surface area (Å²) >= 11 is 0. The summed E-state index contributed by atoms with van der Waals surface area (Å²) in [6.45, 7) is 1.36. The molecule has 1 N–H and O–H groups in total. The van der Waals surface area contributed by atoms with Crippen molar-refractivity contribution in [3.05, 3.63) is 66.4 Å². The van der Waals surface area contributed by atoms with E-state index < -0.39 is 0 Å². The van der Waals surface area contributed by atoms with Crippen molar-refractivity contribution in [3.8, 4) is 5.75 Å². The van der Waals surface area contributed by atoms with Crippen molar-refractivity contribution in [3.63, 3.8) is 0 Å². The highest BCUT2D eigenvalue weighted by Gasteiger charge is 2.05. The molecule has 0 saturated heterocycles. The van der Waals surface area contributed by atoms with Crippen molar-refractivity contribution < 1.29 is 14.4 Å². The first-order valence-electron chi connectivity index (χ1n) is 7.88. The highest BCUT2D eigenvalue weighted by Crippen LogP contribution is 2.16. The van der Waals surface area contributed by atoms with Gasteiger partial charge in [-0.3, -0.25) is 4.79 Å². The van der Waals surface area contributed by atoms with Gasteiger partial charge in [-0.25, -0.2) is 0 Å². The minimum absolute atomic E-state index is 0.233. The summed E-state index contributed by atoms with van der Waals surface area (Å²) in [6.07, 6.45) is 2.31. The molecule has 0 spiro atoms. The number of carbonyl (C=O) groups is 1. The molecule has 24 heavy (non-hydrogen) atoms. The number of hydroxylamine groups is 1. The summed E-state index contributed by atoms with van der Waals surface area (Å²) in [5, 5.41) is 1.23. The molecular formula is C19H20N2O3. The minimum atomic E-state index is -0.314. The number of benzene rings is 2. The largest absolute Gasteiger partial charge is 0.492 e. The SMILES string of the molecule is CNOC(=O)Cc1ccc(OCCn2ccc3ccccc32)cc1. The highest BCUT2D eigenvalue weighted by molar-refractivity contribution is 5.79. The summed E-state index contributed by atoms with van der Waals surface area (Å²) in [7, 11) is 1.56. The molecule has 3 aromatic rings. The van der Waals surface area contributed by atoms with E-state index >= 15 is 0 Å². The molecule has 5 heteroatoms. The molecule has 0 unspecified atom stereocenters. The van der Waals surface area contributed by atoms with Crippen LogP contribution in [0.1, 0.15) is 5.56 Å². The zero-order chi connectivity index (χ0) is 16.8. The lowest BCUT2D eigenvalue weighted by Gasteiger charge is -2.09. The third kappa shape index (κ3) is 3.94. The first kappa shape index (κ1) is 16.1. The number of para-hydroxylation sites is 1. The van der Waals surface area contributed by atoms with E-state index in [4.69, 9.17) is 9.57 Å². The number of nitrogens with zero attached hydrogens (tertiary/aromatic N) is 1. The molecule has 0 fully saturated rings. The third-order valence-electron chi connectivity index (χ3n) is 3.77. The van der Waals surface area contributed by atoms with Gasteiger partial charge in [0.05, 0.1) is 13.0 Å². The van der Waals surface area contributed by atoms with Crippen LogP contribution in [0.15, 0.2) is 60.8 Å². The quantitative estimate of drug-likeness (QED) is 0.679.